The molecule has 1 amide bonds. The lowest BCUT2D eigenvalue weighted by atomic mass is 10.0. The van der Waals surface area contributed by atoms with Crippen molar-refractivity contribution in [3.63, 3.8) is 0 Å². The minimum atomic E-state index is 0.108. The van der Waals surface area contributed by atoms with Crippen molar-refractivity contribution in [2.24, 2.45) is 5.92 Å². The molecule has 0 aromatic heterocycles. The van der Waals surface area contributed by atoms with Gasteiger partial charge in [-0.25, -0.2) is 0 Å². The van der Waals surface area contributed by atoms with E-state index in [9.17, 15) is 4.79 Å². The molecule has 1 aromatic carbocycles. The van der Waals surface area contributed by atoms with E-state index in [2.05, 4.69) is 25.7 Å². The first kappa shape index (κ1) is 17.3. The fourth-order valence-corrected chi connectivity index (χ4v) is 3.31. The van der Waals surface area contributed by atoms with E-state index in [1.807, 2.05) is 17.0 Å². The van der Waals surface area contributed by atoms with Crippen LogP contribution in [-0.2, 0) is 0 Å². The molecule has 3 nitrogen and oxygen atoms in total. The fraction of sp³-hybridized carbons (Fsp3) is 0.611. The van der Waals surface area contributed by atoms with Crippen molar-refractivity contribution in [1.29, 1.82) is 0 Å². The first-order valence-electron chi connectivity index (χ1n) is 8.31. The summed E-state index contributed by atoms with van der Waals surface area (Å²) < 4.78 is 0. The zero-order valence-electron chi connectivity index (χ0n) is 13.9. The molecule has 1 fully saturated rings. The van der Waals surface area contributed by atoms with Crippen LogP contribution in [0, 0.1) is 5.92 Å². The Labute approximate surface area is 139 Å². The summed E-state index contributed by atoms with van der Waals surface area (Å²) in [4.78, 5) is 17.4. The van der Waals surface area contributed by atoms with Gasteiger partial charge in [-0.05, 0) is 63.0 Å². The van der Waals surface area contributed by atoms with Crippen LogP contribution in [-0.4, -0.2) is 47.9 Å². The third-order valence-electron chi connectivity index (χ3n) is 4.51. The summed E-state index contributed by atoms with van der Waals surface area (Å²) in [5, 5.41) is 0.664. The Balaban J connectivity index is 2.14. The van der Waals surface area contributed by atoms with Crippen LogP contribution >= 0.6 is 11.6 Å². The zero-order chi connectivity index (χ0) is 16.1. The Morgan fingerprint density at radius 1 is 1.23 bits per heavy atom. The summed E-state index contributed by atoms with van der Waals surface area (Å²) in [6.07, 6.45) is 2.56. The molecule has 1 atom stereocenters. The Morgan fingerprint density at radius 3 is 2.32 bits per heavy atom. The van der Waals surface area contributed by atoms with Crippen molar-refractivity contribution in [3.05, 3.63) is 34.9 Å². The average molecular weight is 323 g/mol. The lowest BCUT2D eigenvalue weighted by molar-refractivity contribution is 0.0585. The number of carbonyl (C=O) groups excluding carboxylic acids is 1. The molecular weight excluding hydrogens is 296 g/mol. The van der Waals surface area contributed by atoms with Crippen LogP contribution in [0.15, 0.2) is 24.3 Å². The fourth-order valence-electron chi connectivity index (χ4n) is 3.19. The Kier molecular flexibility index (Phi) is 6.27. The quantitative estimate of drug-likeness (QED) is 0.792. The van der Waals surface area contributed by atoms with E-state index >= 15 is 0 Å². The van der Waals surface area contributed by atoms with Crippen LogP contribution in [0.25, 0.3) is 0 Å². The molecule has 22 heavy (non-hydrogen) atoms. The second kappa shape index (κ2) is 7.98. The van der Waals surface area contributed by atoms with E-state index in [4.69, 9.17) is 11.6 Å². The molecule has 1 aliphatic heterocycles. The SMILES string of the molecule is CCN(C(=O)c1ccc(Cl)cc1)C(CN1CCCC1)C(C)C. The van der Waals surface area contributed by atoms with Gasteiger partial charge in [0, 0.05) is 29.7 Å². The minimum Gasteiger partial charge on any atom is -0.334 e. The Morgan fingerprint density at radius 2 is 1.82 bits per heavy atom. The summed E-state index contributed by atoms with van der Waals surface area (Å²) in [5.41, 5.74) is 0.721. The topological polar surface area (TPSA) is 23.6 Å². The summed E-state index contributed by atoms with van der Waals surface area (Å²) in [7, 11) is 0. The first-order chi connectivity index (χ1) is 10.5. The highest BCUT2D eigenvalue weighted by Crippen LogP contribution is 2.19. The van der Waals surface area contributed by atoms with Gasteiger partial charge in [0.25, 0.3) is 5.91 Å². The third kappa shape index (κ3) is 4.23. The largest absolute Gasteiger partial charge is 0.334 e. The molecule has 0 radical (unpaired) electrons. The zero-order valence-corrected chi connectivity index (χ0v) is 14.6. The second-order valence-electron chi connectivity index (χ2n) is 6.42. The molecule has 1 saturated heterocycles. The normalized spacial score (nSPS) is 17.0. The van der Waals surface area contributed by atoms with Gasteiger partial charge in [-0.3, -0.25) is 4.79 Å². The van der Waals surface area contributed by atoms with E-state index in [1.54, 1.807) is 12.1 Å². The molecule has 0 spiro atoms. The third-order valence-corrected chi connectivity index (χ3v) is 4.76. The van der Waals surface area contributed by atoms with E-state index in [-0.39, 0.29) is 11.9 Å². The summed E-state index contributed by atoms with van der Waals surface area (Å²) in [6.45, 7) is 10.5. The molecule has 1 heterocycles. The highest BCUT2D eigenvalue weighted by Gasteiger charge is 2.28. The molecule has 1 aromatic rings. The maximum absolute atomic E-state index is 12.9. The van der Waals surface area contributed by atoms with Gasteiger partial charge in [0.1, 0.15) is 0 Å². The molecule has 0 bridgehead atoms. The molecular formula is C18H27ClN2O. The number of benzene rings is 1. The number of amides is 1. The maximum atomic E-state index is 12.9. The Hall–Kier alpha value is -1.06. The lowest BCUT2D eigenvalue weighted by Gasteiger charge is -2.36. The van der Waals surface area contributed by atoms with Crippen LogP contribution < -0.4 is 0 Å². The van der Waals surface area contributed by atoms with Crippen molar-refractivity contribution < 1.29 is 4.79 Å². The second-order valence-corrected chi connectivity index (χ2v) is 6.85. The number of likely N-dealkylation sites (N-methyl/N-ethyl adjacent to an activating group) is 1. The number of halogens is 1. The van der Waals surface area contributed by atoms with Gasteiger partial charge in [-0.15, -0.1) is 0 Å². The standard InChI is InChI=1S/C18H27ClN2O/c1-4-21(18(22)15-7-9-16(19)10-8-15)17(14(2)3)13-20-11-5-6-12-20/h7-10,14,17H,4-6,11-13H2,1-3H3. The van der Waals surface area contributed by atoms with Crippen LogP contribution in [0.1, 0.15) is 44.0 Å². The van der Waals surface area contributed by atoms with E-state index in [0.29, 0.717) is 10.9 Å². The van der Waals surface area contributed by atoms with Crippen LogP contribution in [0.5, 0.6) is 0 Å². The molecule has 1 unspecified atom stereocenters. The molecule has 122 valence electrons. The van der Waals surface area contributed by atoms with Crippen LogP contribution in [0.3, 0.4) is 0 Å². The van der Waals surface area contributed by atoms with Gasteiger partial charge in [-0.1, -0.05) is 25.4 Å². The van der Waals surface area contributed by atoms with E-state index in [0.717, 1.165) is 31.7 Å². The highest BCUT2D eigenvalue weighted by atomic mass is 35.5. The van der Waals surface area contributed by atoms with E-state index < -0.39 is 0 Å². The van der Waals surface area contributed by atoms with Crippen molar-refractivity contribution in [2.45, 2.75) is 39.7 Å². The number of likely N-dealkylation sites (tertiary alicyclic amines) is 1. The van der Waals surface area contributed by atoms with Crippen molar-refractivity contribution in [1.82, 2.24) is 9.80 Å². The number of rotatable bonds is 6. The minimum absolute atomic E-state index is 0.108. The van der Waals surface area contributed by atoms with Gasteiger partial charge in [0.15, 0.2) is 0 Å². The van der Waals surface area contributed by atoms with Crippen molar-refractivity contribution in [2.75, 3.05) is 26.2 Å². The molecule has 0 N–H and O–H groups in total. The smallest absolute Gasteiger partial charge is 0.254 e. The molecule has 0 aliphatic carbocycles. The summed E-state index contributed by atoms with van der Waals surface area (Å²) >= 11 is 5.92. The van der Waals surface area contributed by atoms with Gasteiger partial charge in [0.2, 0.25) is 0 Å². The molecule has 4 heteroatoms. The van der Waals surface area contributed by atoms with Crippen LogP contribution in [0.4, 0.5) is 0 Å². The summed E-state index contributed by atoms with van der Waals surface area (Å²) in [6, 6.07) is 7.47. The lowest BCUT2D eigenvalue weighted by Crippen LogP contribution is -2.49. The maximum Gasteiger partial charge on any atom is 0.254 e. The van der Waals surface area contributed by atoms with Crippen LogP contribution in [0.2, 0.25) is 5.02 Å². The number of carbonyl (C=O) groups is 1. The predicted octanol–water partition coefficient (Wildman–Crippen LogP) is 3.92. The first-order valence-corrected chi connectivity index (χ1v) is 8.69. The summed E-state index contributed by atoms with van der Waals surface area (Å²) in [5.74, 6) is 0.550. The number of nitrogens with zero attached hydrogens (tertiary/aromatic N) is 2. The predicted molar refractivity (Wildman–Crippen MR) is 92.5 cm³/mol. The van der Waals surface area contributed by atoms with Gasteiger partial charge >= 0.3 is 0 Å². The van der Waals surface area contributed by atoms with Gasteiger partial charge in [0.05, 0.1) is 0 Å². The van der Waals surface area contributed by atoms with Gasteiger partial charge in [-0.2, -0.15) is 0 Å². The van der Waals surface area contributed by atoms with E-state index in [1.165, 1.54) is 12.8 Å². The molecule has 2 rings (SSSR count). The number of hydrogen-bond acceptors (Lipinski definition) is 2. The highest BCUT2D eigenvalue weighted by molar-refractivity contribution is 6.30. The number of hydrogen-bond donors (Lipinski definition) is 0. The Bertz CT molecular complexity index is 480. The monoisotopic (exact) mass is 322 g/mol. The average Bonchev–Trinajstić information content (AvgIpc) is 3.00. The molecule has 1 aliphatic rings. The van der Waals surface area contributed by atoms with Crippen molar-refractivity contribution >= 4 is 17.5 Å². The van der Waals surface area contributed by atoms with Gasteiger partial charge < -0.3 is 9.80 Å². The molecule has 0 saturated carbocycles. The van der Waals surface area contributed by atoms with Crippen molar-refractivity contribution in [3.8, 4) is 0 Å².